The SMILES string of the molecule is Cc1nc2ccc(NCc3nnc(C)s3)cc2o1. The van der Waals surface area contributed by atoms with E-state index in [1.807, 2.05) is 32.0 Å². The molecular weight excluding hydrogens is 248 g/mol. The Morgan fingerprint density at radius 1 is 1.28 bits per heavy atom. The zero-order valence-electron chi connectivity index (χ0n) is 10.1. The van der Waals surface area contributed by atoms with Crippen molar-refractivity contribution in [3.63, 3.8) is 0 Å². The van der Waals surface area contributed by atoms with E-state index in [0.29, 0.717) is 12.4 Å². The molecule has 3 aromatic rings. The third kappa shape index (κ3) is 2.19. The molecule has 92 valence electrons. The summed E-state index contributed by atoms with van der Waals surface area (Å²) in [6, 6.07) is 5.88. The predicted molar refractivity (Wildman–Crippen MR) is 70.7 cm³/mol. The Labute approximate surface area is 108 Å². The molecule has 0 bridgehead atoms. The lowest BCUT2D eigenvalue weighted by Gasteiger charge is -2.02. The molecule has 1 aromatic carbocycles. The smallest absolute Gasteiger partial charge is 0.192 e. The van der Waals surface area contributed by atoms with Crippen molar-refractivity contribution in [3.05, 3.63) is 34.1 Å². The number of anilines is 1. The van der Waals surface area contributed by atoms with Crippen LogP contribution in [0.2, 0.25) is 0 Å². The van der Waals surface area contributed by atoms with Gasteiger partial charge in [0.15, 0.2) is 11.5 Å². The molecule has 0 fully saturated rings. The number of aromatic nitrogens is 3. The van der Waals surface area contributed by atoms with Crippen molar-refractivity contribution >= 4 is 28.1 Å². The normalized spacial score (nSPS) is 11.0. The molecular formula is C12H12N4OS. The number of hydrogen-bond acceptors (Lipinski definition) is 6. The molecule has 0 spiro atoms. The maximum absolute atomic E-state index is 5.49. The molecule has 3 rings (SSSR count). The van der Waals surface area contributed by atoms with Crippen LogP contribution in [0.15, 0.2) is 22.6 Å². The van der Waals surface area contributed by atoms with Crippen molar-refractivity contribution in [1.29, 1.82) is 0 Å². The maximum Gasteiger partial charge on any atom is 0.192 e. The first-order valence-corrected chi connectivity index (χ1v) is 6.42. The molecule has 0 aliphatic carbocycles. The average molecular weight is 260 g/mol. The monoisotopic (exact) mass is 260 g/mol. The average Bonchev–Trinajstić information content (AvgIpc) is 2.90. The maximum atomic E-state index is 5.49. The Balaban J connectivity index is 1.78. The van der Waals surface area contributed by atoms with Crippen molar-refractivity contribution in [3.8, 4) is 0 Å². The number of benzene rings is 1. The summed E-state index contributed by atoms with van der Waals surface area (Å²) in [6.45, 7) is 4.46. The van der Waals surface area contributed by atoms with Gasteiger partial charge in [-0.05, 0) is 19.1 Å². The number of fused-ring (bicyclic) bond motifs is 1. The third-order valence-electron chi connectivity index (χ3n) is 2.51. The van der Waals surface area contributed by atoms with Crippen LogP contribution < -0.4 is 5.32 Å². The van der Waals surface area contributed by atoms with Crippen molar-refractivity contribution < 1.29 is 4.42 Å². The highest BCUT2D eigenvalue weighted by Crippen LogP contribution is 2.20. The van der Waals surface area contributed by atoms with Crippen molar-refractivity contribution in [1.82, 2.24) is 15.2 Å². The molecule has 0 saturated carbocycles. The van der Waals surface area contributed by atoms with Gasteiger partial charge in [0.2, 0.25) is 0 Å². The van der Waals surface area contributed by atoms with Gasteiger partial charge in [0.1, 0.15) is 15.5 Å². The quantitative estimate of drug-likeness (QED) is 0.784. The van der Waals surface area contributed by atoms with Gasteiger partial charge in [0, 0.05) is 18.7 Å². The van der Waals surface area contributed by atoms with E-state index in [1.165, 1.54) is 0 Å². The van der Waals surface area contributed by atoms with Crippen LogP contribution >= 0.6 is 11.3 Å². The van der Waals surface area contributed by atoms with Gasteiger partial charge in [0.25, 0.3) is 0 Å². The first-order valence-electron chi connectivity index (χ1n) is 5.61. The Bertz CT molecular complexity index is 688. The summed E-state index contributed by atoms with van der Waals surface area (Å²) in [6.07, 6.45) is 0. The van der Waals surface area contributed by atoms with Crippen LogP contribution in [0.25, 0.3) is 11.1 Å². The van der Waals surface area contributed by atoms with E-state index in [-0.39, 0.29) is 0 Å². The summed E-state index contributed by atoms with van der Waals surface area (Å²) in [5.74, 6) is 0.682. The summed E-state index contributed by atoms with van der Waals surface area (Å²) in [5, 5.41) is 13.3. The van der Waals surface area contributed by atoms with Crippen LogP contribution in [0.4, 0.5) is 5.69 Å². The fourth-order valence-corrected chi connectivity index (χ4v) is 2.39. The lowest BCUT2D eigenvalue weighted by atomic mass is 10.3. The third-order valence-corrected chi connectivity index (χ3v) is 3.35. The molecule has 0 saturated heterocycles. The van der Waals surface area contributed by atoms with Gasteiger partial charge in [-0.3, -0.25) is 0 Å². The number of nitrogens with zero attached hydrogens (tertiary/aromatic N) is 3. The second-order valence-electron chi connectivity index (χ2n) is 3.98. The van der Waals surface area contributed by atoms with Crippen molar-refractivity contribution in [2.75, 3.05) is 5.32 Å². The van der Waals surface area contributed by atoms with Crippen LogP contribution in [0.1, 0.15) is 15.9 Å². The summed E-state index contributed by atoms with van der Waals surface area (Å²) in [5.41, 5.74) is 2.67. The zero-order chi connectivity index (χ0) is 12.5. The second-order valence-corrected chi connectivity index (χ2v) is 5.25. The molecule has 0 aliphatic heterocycles. The highest BCUT2D eigenvalue weighted by atomic mass is 32.1. The molecule has 1 N–H and O–H groups in total. The molecule has 2 heterocycles. The first kappa shape index (κ1) is 11.2. The lowest BCUT2D eigenvalue weighted by Crippen LogP contribution is -1.98. The molecule has 0 radical (unpaired) electrons. The predicted octanol–water partition coefficient (Wildman–Crippen LogP) is 2.91. The zero-order valence-corrected chi connectivity index (χ0v) is 10.9. The Hall–Kier alpha value is -1.95. The summed E-state index contributed by atoms with van der Waals surface area (Å²) in [7, 11) is 0. The van der Waals surface area contributed by atoms with E-state index in [0.717, 1.165) is 26.8 Å². The van der Waals surface area contributed by atoms with E-state index >= 15 is 0 Å². The van der Waals surface area contributed by atoms with E-state index in [1.54, 1.807) is 11.3 Å². The largest absolute Gasteiger partial charge is 0.441 e. The fourth-order valence-electron chi connectivity index (χ4n) is 1.74. The van der Waals surface area contributed by atoms with Crippen LogP contribution in [-0.2, 0) is 6.54 Å². The van der Waals surface area contributed by atoms with E-state index in [2.05, 4.69) is 20.5 Å². The van der Waals surface area contributed by atoms with Gasteiger partial charge in [-0.1, -0.05) is 11.3 Å². The number of rotatable bonds is 3. The Morgan fingerprint density at radius 3 is 2.94 bits per heavy atom. The number of hydrogen-bond donors (Lipinski definition) is 1. The molecule has 18 heavy (non-hydrogen) atoms. The molecule has 2 aromatic heterocycles. The fraction of sp³-hybridized carbons (Fsp3) is 0.250. The number of oxazole rings is 1. The highest BCUT2D eigenvalue weighted by Gasteiger charge is 2.04. The Kier molecular flexibility index (Phi) is 2.71. The van der Waals surface area contributed by atoms with Crippen molar-refractivity contribution in [2.24, 2.45) is 0 Å². The summed E-state index contributed by atoms with van der Waals surface area (Å²) in [4.78, 5) is 4.26. The molecule has 0 unspecified atom stereocenters. The van der Waals surface area contributed by atoms with Crippen LogP contribution in [0.5, 0.6) is 0 Å². The van der Waals surface area contributed by atoms with Crippen LogP contribution in [0, 0.1) is 13.8 Å². The van der Waals surface area contributed by atoms with Crippen LogP contribution in [-0.4, -0.2) is 15.2 Å². The second kappa shape index (κ2) is 4.38. The van der Waals surface area contributed by atoms with Gasteiger partial charge >= 0.3 is 0 Å². The van der Waals surface area contributed by atoms with E-state index in [9.17, 15) is 0 Å². The highest BCUT2D eigenvalue weighted by molar-refractivity contribution is 7.11. The molecule has 5 nitrogen and oxygen atoms in total. The minimum Gasteiger partial charge on any atom is -0.441 e. The topological polar surface area (TPSA) is 63.8 Å². The minimum atomic E-state index is 0.671. The van der Waals surface area contributed by atoms with Gasteiger partial charge in [-0.25, -0.2) is 4.98 Å². The molecule has 6 heteroatoms. The number of aryl methyl sites for hydroxylation is 2. The summed E-state index contributed by atoms with van der Waals surface area (Å²) >= 11 is 1.59. The molecule has 0 aliphatic rings. The summed E-state index contributed by atoms with van der Waals surface area (Å²) < 4.78 is 5.49. The van der Waals surface area contributed by atoms with E-state index < -0.39 is 0 Å². The van der Waals surface area contributed by atoms with Gasteiger partial charge in [-0.15, -0.1) is 10.2 Å². The van der Waals surface area contributed by atoms with Gasteiger partial charge in [-0.2, -0.15) is 0 Å². The lowest BCUT2D eigenvalue weighted by molar-refractivity contribution is 0.561. The van der Waals surface area contributed by atoms with E-state index in [4.69, 9.17) is 4.42 Å². The van der Waals surface area contributed by atoms with Gasteiger partial charge < -0.3 is 9.73 Å². The van der Waals surface area contributed by atoms with Gasteiger partial charge in [0.05, 0.1) is 6.54 Å². The standard InChI is InChI=1S/C12H12N4OS/c1-7-14-10-4-3-9(5-11(10)17-7)13-6-12-16-15-8(2)18-12/h3-5,13H,6H2,1-2H3. The molecule has 0 amide bonds. The Morgan fingerprint density at radius 2 is 2.17 bits per heavy atom. The first-order chi connectivity index (χ1) is 8.70. The minimum absolute atomic E-state index is 0.671. The van der Waals surface area contributed by atoms with Crippen LogP contribution in [0.3, 0.4) is 0 Å². The van der Waals surface area contributed by atoms with Crippen molar-refractivity contribution in [2.45, 2.75) is 20.4 Å². The molecule has 0 atom stereocenters. The number of nitrogens with one attached hydrogen (secondary N) is 1.